The van der Waals surface area contributed by atoms with Gasteiger partial charge in [0.1, 0.15) is 17.4 Å². The summed E-state index contributed by atoms with van der Waals surface area (Å²) in [5, 5.41) is 0. The standard InChI is InChI=1S/C20H14F2N2O2/c1-26-17-4-2-3-16(22)18(17)19-15-11-24(13-7-5-12(21)6-8-13)20(25)14(15)9-10-23-19/h2-10H,11H2,1H3. The Morgan fingerprint density at radius 1 is 1.08 bits per heavy atom. The summed E-state index contributed by atoms with van der Waals surface area (Å²) < 4.78 is 32.9. The number of fused-ring (bicyclic) bond motifs is 1. The van der Waals surface area contributed by atoms with E-state index < -0.39 is 5.82 Å². The molecule has 6 heteroatoms. The number of carbonyl (C=O) groups is 1. The van der Waals surface area contributed by atoms with Gasteiger partial charge in [-0.1, -0.05) is 6.07 Å². The predicted molar refractivity (Wildman–Crippen MR) is 93.1 cm³/mol. The lowest BCUT2D eigenvalue weighted by Crippen LogP contribution is -2.22. The summed E-state index contributed by atoms with van der Waals surface area (Å²) in [4.78, 5) is 18.6. The molecule has 0 radical (unpaired) electrons. The largest absolute Gasteiger partial charge is 0.496 e. The molecule has 0 saturated carbocycles. The van der Waals surface area contributed by atoms with Crippen molar-refractivity contribution in [2.24, 2.45) is 0 Å². The number of rotatable bonds is 3. The van der Waals surface area contributed by atoms with Gasteiger partial charge < -0.3 is 9.64 Å². The first-order valence-electron chi connectivity index (χ1n) is 7.98. The Bertz CT molecular complexity index is 1000. The van der Waals surface area contributed by atoms with Crippen LogP contribution >= 0.6 is 0 Å². The number of carbonyl (C=O) groups excluding carboxylic acids is 1. The first-order valence-corrected chi connectivity index (χ1v) is 7.98. The monoisotopic (exact) mass is 352 g/mol. The second-order valence-electron chi connectivity index (χ2n) is 5.87. The highest BCUT2D eigenvalue weighted by atomic mass is 19.1. The Labute approximate surface area is 148 Å². The zero-order valence-electron chi connectivity index (χ0n) is 13.9. The maximum Gasteiger partial charge on any atom is 0.259 e. The van der Waals surface area contributed by atoms with Gasteiger partial charge in [-0.25, -0.2) is 8.78 Å². The van der Waals surface area contributed by atoms with Crippen LogP contribution in [0.4, 0.5) is 14.5 Å². The van der Waals surface area contributed by atoms with Gasteiger partial charge in [-0.3, -0.25) is 9.78 Å². The first kappa shape index (κ1) is 16.2. The Morgan fingerprint density at radius 3 is 2.58 bits per heavy atom. The molecule has 4 nitrogen and oxygen atoms in total. The SMILES string of the molecule is COc1cccc(F)c1-c1nccc2c1CN(c1ccc(F)cc1)C2=O. The third-order valence-electron chi connectivity index (χ3n) is 4.42. The van der Waals surface area contributed by atoms with E-state index >= 15 is 0 Å². The number of halogens is 2. The number of amides is 1. The van der Waals surface area contributed by atoms with E-state index in [1.807, 2.05) is 0 Å². The number of pyridine rings is 1. The summed E-state index contributed by atoms with van der Waals surface area (Å²) in [6.07, 6.45) is 1.48. The molecule has 0 aliphatic carbocycles. The molecule has 0 bridgehead atoms. The molecule has 26 heavy (non-hydrogen) atoms. The lowest BCUT2D eigenvalue weighted by molar-refractivity contribution is 0.0996. The van der Waals surface area contributed by atoms with Crippen LogP contribution in [0, 0.1) is 11.6 Å². The molecule has 0 saturated heterocycles. The Kier molecular flexibility index (Phi) is 3.88. The van der Waals surface area contributed by atoms with Crippen molar-refractivity contribution in [3.8, 4) is 17.0 Å². The molecule has 3 aromatic rings. The molecule has 0 fully saturated rings. The average molecular weight is 352 g/mol. The highest BCUT2D eigenvalue weighted by molar-refractivity contribution is 6.11. The van der Waals surface area contributed by atoms with Gasteiger partial charge in [0.05, 0.1) is 24.9 Å². The van der Waals surface area contributed by atoms with Gasteiger partial charge in [-0.15, -0.1) is 0 Å². The minimum absolute atomic E-state index is 0.223. The fourth-order valence-corrected chi connectivity index (χ4v) is 3.18. The van der Waals surface area contributed by atoms with Gasteiger partial charge in [0, 0.05) is 23.0 Å². The molecular formula is C20H14F2N2O2. The molecular weight excluding hydrogens is 338 g/mol. The fraction of sp³-hybridized carbons (Fsp3) is 0.100. The van der Waals surface area contributed by atoms with Gasteiger partial charge in [-0.2, -0.15) is 0 Å². The van der Waals surface area contributed by atoms with Crippen molar-refractivity contribution in [2.45, 2.75) is 6.54 Å². The first-order chi connectivity index (χ1) is 12.6. The van der Waals surface area contributed by atoms with E-state index in [0.29, 0.717) is 28.3 Å². The number of anilines is 1. The Balaban J connectivity index is 1.84. The minimum atomic E-state index is -0.474. The minimum Gasteiger partial charge on any atom is -0.496 e. The second kappa shape index (κ2) is 6.22. The lowest BCUT2D eigenvalue weighted by atomic mass is 10.0. The summed E-state index contributed by atoms with van der Waals surface area (Å²) in [6.45, 7) is 0.223. The van der Waals surface area contributed by atoms with E-state index in [1.165, 1.54) is 48.5 Å². The van der Waals surface area contributed by atoms with Crippen LogP contribution in [0.3, 0.4) is 0 Å². The third kappa shape index (κ3) is 2.50. The normalized spacial score (nSPS) is 13.0. The lowest BCUT2D eigenvalue weighted by Gasteiger charge is -2.16. The molecule has 1 amide bonds. The van der Waals surface area contributed by atoms with Crippen molar-refractivity contribution >= 4 is 11.6 Å². The van der Waals surface area contributed by atoms with Crippen LogP contribution in [-0.4, -0.2) is 18.0 Å². The third-order valence-corrected chi connectivity index (χ3v) is 4.42. The number of aromatic nitrogens is 1. The molecule has 1 aliphatic rings. The van der Waals surface area contributed by atoms with E-state index in [1.54, 1.807) is 18.2 Å². The molecule has 0 atom stereocenters. The summed E-state index contributed by atoms with van der Waals surface area (Å²) in [5.41, 5.74) is 2.23. The number of ether oxygens (including phenoxy) is 1. The topological polar surface area (TPSA) is 42.4 Å². The smallest absolute Gasteiger partial charge is 0.259 e. The van der Waals surface area contributed by atoms with Gasteiger partial charge in [-0.05, 0) is 42.5 Å². The molecule has 2 aromatic carbocycles. The van der Waals surface area contributed by atoms with Crippen LogP contribution in [0.5, 0.6) is 5.75 Å². The predicted octanol–water partition coefficient (Wildman–Crippen LogP) is 4.20. The van der Waals surface area contributed by atoms with Gasteiger partial charge in [0.2, 0.25) is 0 Å². The van der Waals surface area contributed by atoms with Crippen molar-refractivity contribution in [3.05, 3.63) is 77.5 Å². The van der Waals surface area contributed by atoms with Gasteiger partial charge in [0.25, 0.3) is 5.91 Å². The molecule has 4 rings (SSSR count). The number of methoxy groups -OCH3 is 1. The van der Waals surface area contributed by atoms with Crippen molar-refractivity contribution in [1.82, 2.24) is 4.98 Å². The number of nitrogens with zero attached hydrogens (tertiary/aromatic N) is 2. The van der Waals surface area contributed by atoms with E-state index in [2.05, 4.69) is 4.98 Å². The molecule has 130 valence electrons. The number of hydrogen-bond acceptors (Lipinski definition) is 3. The van der Waals surface area contributed by atoms with E-state index in [9.17, 15) is 13.6 Å². The van der Waals surface area contributed by atoms with Crippen LogP contribution < -0.4 is 9.64 Å². The number of benzene rings is 2. The molecule has 0 spiro atoms. The van der Waals surface area contributed by atoms with E-state index in [-0.39, 0.29) is 23.8 Å². The van der Waals surface area contributed by atoms with Crippen LogP contribution in [0.1, 0.15) is 15.9 Å². The quantitative estimate of drug-likeness (QED) is 0.710. The van der Waals surface area contributed by atoms with Crippen molar-refractivity contribution in [2.75, 3.05) is 12.0 Å². The Hall–Kier alpha value is -3.28. The summed E-state index contributed by atoms with van der Waals surface area (Å²) in [6, 6.07) is 11.8. The maximum absolute atomic E-state index is 14.5. The second-order valence-corrected chi connectivity index (χ2v) is 5.87. The molecule has 1 aromatic heterocycles. The van der Waals surface area contributed by atoms with Crippen LogP contribution in [0.2, 0.25) is 0 Å². The molecule has 0 N–H and O–H groups in total. The average Bonchev–Trinajstić information content (AvgIpc) is 2.99. The summed E-state index contributed by atoms with van der Waals surface area (Å²) in [7, 11) is 1.46. The summed E-state index contributed by atoms with van der Waals surface area (Å²) in [5.74, 6) is -0.738. The number of hydrogen-bond donors (Lipinski definition) is 0. The molecule has 0 unspecified atom stereocenters. The molecule has 2 heterocycles. The van der Waals surface area contributed by atoms with Crippen LogP contribution in [0.15, 0.2) is 54.7 Å². The maximum atomic E-state index is 14.5. The van der Waals surface area contributed by atoms with Crippen LogP contribution in [0.25, 0.3) is 11.3 Å². The van der Waals surface area contributed by atoms with Gasteiger partial charge >= 0.3 is 0 Å². The van der Waals surface area contributed by atoms with Gasteiger partial charge in [0.15, 0.2) is 0 Å². The van der Waals surface area contributed by atoms with E-state index in [0.717, 1.165) is 0 Å². The van der Waals surface area contributed by atoms with Crippen molar-refractivity contribution < 1.29 is 18.3 Å². The van der Waals surface area contributed by atoms with Crippen LogP contribution in [-0.2, 0) is 6.54 Å². The fourth-order valence-electron chi connectivity index (χ4n) is 3.18. The Morgan fingerprint density at radius 2 is 1.85 bits per heavy atom. The van der Waals surface area contributed by atoms with Crippen molar-refractivity contribution in [3.63, 3.8) is 0 Å². The zero-order chi connectivity index (χ0) is 18.3. The summed E-state index contributed by atoms with van der Waals surface area (Å²) >= 11 is 0. The highest BCUT2D eigenvalue weighted by Gasteiger charge is 2.32. The van der Waals surface area contributed by atoms with E-state index in [4.69, 9.17) is 4.74 Å². The molecule has 1 aliphatic heterocycles. The van der Waals surface area contributed by atoms with Crippen molar-refractivity contribution in [1.29, 1.82) is 0 Å². The zero-order valence-corrected chi connectivity index (χ0v) is 13.9. The highest BCUT2D eigenvalue weighted by Crippen LogP contribution is 2.38.